The second-order valence-electron chi connectivity index (χ2n) is 4.58. The number of carbonyl (C=O) groups excluding carboxylic acids is 1. The average Bonchev–Trinajstić information content (AvgIpc) is 2.90. The lowest BCUT2D eigenvalue weighted by Crippen LogP contribution is -2.19. The number of nitrogens with one attached hydrogen (secondary N) is 2. The molecule has 0 radical (unpaired) electrons. The molecule has 0 saturated heterocycles. The molecule has 2 aromatic rings. The maximum Gasteiger partial charge on any atom is 0.271 e. The number of rotatable bonds is 5. The van der Waals surface area contributed by atoms with Crippen molar-refractivity contribution in [3.05, 3.63) is 52.3 Å². The van der Waals surface area contributed by atoms with Crippen LogP contribution < -0.4 is 10.1 Å². The van der Waals surface area contributed by atoms with Gasteiger partial charge in [-0.15, -0.1) is 0 Å². The Morgan fingerprint density at radius 1 is 1.43 bits per heavy atom. The third-order valence-corrected chi connectivity index (χ3v) is 3.36. The first-order valence-electron chi connectivity index (χ1n) is 6.52. The maximum atomic E-state index is 11.8. The Kier molecular flexibility index (Phi) is 4.88. The van der Waals surface area contributed by atoms with E-state index >= 15 is 0 Å². The Balaban J connectivity index is 2.23. The first kappa shape index (κ1) is 15.4. The minimum Gasteiger partial charge on any atom is -0.484 e. The maximum absolute atomic E-state index is 11.8. The van der Waals surface area contributed by atoms with Gasteiger partial charge in [-0.05, 0) is 24.6 Å². The highest BCUT2D eigenvalue weighted by atomic mass is 35.5. The molecule has 3 N–H and O–H groups in total. The van der Waals surface area contributed by atoms with E-state index in [1.807, 2.05) is 19.1 Å². The van der Waals surface area contributed by atoms with Gasteiger partial charge in [0.05, 0.1) is 6.61 Å². The lowest BCUT2D eigenvalue weighted by Gasteiger charge is -2.15. The molecule has 1 aromatic heterocycles. The largest absolute Gasteiger partial charge is 0.484 e. The fourth-order valence-electron chi connectivity index (χ4n) is 1.95. The summed E-state index contributed by atoms with van der Waals surface area (Å²) in [5.74, 6) is 0.105. The molecule has 1 amide bonds. The minimum absolute atomic E-state index is 0.192. The van der Waals surface area contributed by atoms with Crippen LogP contribution >= 0.6 is 11.6 Å². The van der Waals surface area contributed by atoms with Crippen LogP contribution in [-0.2, 0) is 6.61 Å². The van der Waals surface area contributed by atoms with Crippen molar-refractivity contribution in [2.45, 2.75) is 19.6 Å². The summed E-state index contributed by atoms with van der Waals surface area (Å²) in [6.45, 7) is 1.69. The zero-order valence-electron chi connectivity index (χ0n) is 11.8. The number of aliphatic hydroxyl groups is 1. The van der Waals surface area contributed by atoms with Crippen LogP contribution in [0, 0.1) is 0 Å². The lowest BCUT2D eigenvalue weighted by molar-refractivity contribution is 0.0951. The highest BCUT2D eigenvalue weighted by molar-refractivity contribution is 6.30. The van der Waals surface area contributed by atoms with E-state index in [4.69, 9.17) is 16.3 Å². The average molecular weight is 309 g/mol. The Morgan fingerprint density at radius 3 is 2.67 bits per heavy atom. The molecule has 0 saturated carbocycles. The molecule has 0 bridgehead atoms. The summed E-state index contributed by atoms with van der Waals surface area (Å²) in [6, 6.07) is 8.93. The van der Waals surface area contributed by atoms with E-state index in [2.05, 4.69) is 10.3 Å². The molecule has 5 nitrogen and oxygen atoms in total. The van der Waals surface area contributed by atoms with Crippen LogP contribution in [0.15, 0.2) is 30.3 Å². The number of benzene rings is 1. The molecule has 0 aliphatic carbocycles. The van der Waals surface area contributed by atoms with Gasteiger partial charge in [0.2, 0.25) is 0 Å². The molecule has 6 heteroatoms. The molecule has 0 fully saturated rings. The third kappa shape index (κ3) is 3.56. The van der Waals surface area contributed by atoms with E-state index in [0.717, 1.165) is 5.56 Å². The normalized spacial score (nSPS) is 12.0. The third-order valence-electron chi connectivity index (χ3n) is 3.10. The van der Waals surface area contributed by atoms with E-state index in [1.54, 1.807) is 18.2 Å². The number of aliphatic hydroxyl groups excluding tert-OH is 1. The predicted molar refractivity (Wildman–Crippen MR) is 80.6 cm³/mol. The number of hydrogen-bond acceptors (Lipinski definition) is 3. The summed E-state index contributed by atoms with van der Waals surface area (Å²) in [7, 11) is 1.54. The second kappa shape index (κ2) is 6.65. The second-order valence-corrected chi connectivity index (χ2v) is 5.02. The number of hydrogen-bond donors (Lipinski definition) is 3. The number of H-pyrrole nitrogens is 1. The van der Waals surface area contributed by atoms with Crippen molar-refractivity contribution < 1.29 is 14.6 Å². The van der Waals surface area contributed by atoms with Crippen molar-refractivity contribution in [3.63, 3.8) is 0 Å². The standard InChI is InChI=1S/C15H17ClN2O3/c1-9(10-3-5-11(16)6-4-10)21-13-7-12(8-19)18-14(13)15(20)17-2/h3-7,9,18-19H,8H2,1-2H3,(H,17,20)/t9-/m0/s1. The molecule has 0 aliphatic heterocycles. The van der Waals surface area contributed by atoms with Crippen molar-refractivity contribution >= 4 is 17.5 Å². The van der Waals surface area contributed by atoms with Gasteiger partial charge in [0.1, 0.15) is 11.8 Å². The van der Waals surface area contributed by atoms with Gasteiger partial charge < -0.3 is 20.1 Å². The zero-order chi connectivity index (χ0) is 15.4. The molecular weight excluding hydrogens is 292 g/mol. The molecule has 1 atom stereocenters. The van der Waals surface area contributed by atoms with Gasteiger partial charge >= 0.3 is 0 Å². The lowest BCUT2D eigenvalue weighted by atomic mass is 10.1. The van der Waals surface area contributed by atoms with Crippen LogP contribution in [0.2, 0.25) is 5.02 Å². The number of carbonyl (C=O) groups is 1. The van der Waals surface area contributed by atoms with E-state index in [-0.39, 0.29) is 18.6 Å². The Labute approximate surface area is 127 Å². The smallest absolute Gasteiger partial charge is 0.271 e. The SMILES string of the molecule is CNC(=O)c1[nH]c(CO)cc1O[C@@H](C)c1ccc(Cl)cc1. The van der Waals surface area contributed by atoms with Gasteiger partial charge in [0.25, 0.3) is 5.91 Å². The molecule has 0 spiro atoms. The molecule has 112 valence electrons. The van der Waals surface area contributed by atoms with Crippen LogP contribution in [0.25, 0.3) is 0 Å². The van der Waals surface area contributed by atoms with E-state index in [0.29, 0.717) is 22.2 Å². The number of amides is 1. The van der Waals surface area contributed by atoms with Gasteiger partial charge in [-0.1, -0.05) is 23.7 Å². The van der Waals surface area contributed by atoms with Gasteiger partial charge in [-0.3, -0.25) is 4.79 Å². The van der Waals surface area contributed by atoms with Gasteiger partial charge in [0, 0.05) is 23.8 Å². The fraction of sp³-hybridized carbons (Fsp3) is 0.267. The minimum atomic E-state index is -0.298. The van der Waals surface area contributed by atoms with Crippen LogP contribution in [0.5, 0.6) is 5.75 Å². The summed E-state index contributed by atoms with van der Waals surface area (Å²) in [5, 5.41) is 12.4. The molecule has 0 unspecified atom stereocenters. The summed E-state index contributed by atoms with van der Waals surface area (Å²) >= 11 is 5.86. The first-order chi connectivity index (χ1) is 10.0. The summed E-state index contributed by atoms with van der Waals surface area (Å²) in [4.78, 5) is 14.6. The summed E-state index contributed by atoms with van der Waals surface area (Å²) < 4.78 is 5.83. The molecule has 21 heavy (non-hydrogen) atoms. The van der Waals surface area contributed by atoms with E-state index in [9.17, 15) is 9.90 Å². The van der Waals surface area contributed by atoms with Crippen LogP contribution in [-0.4, -0.2) is 23.0 Å². The van der Waals surface area contributed by atoms with Crippen LogP contribution in [0.3, 0.4) is 0 Å². The van der Waals surface area contributed by atoms with Crippen molar-refractivity contribution in [1.29, 1.82) is 0 Å². The molecular formula is C15H17ClN2O3. The van der Waals surface area contributed by atoms with Gasteiger partial charge in [0.15, 0.2) is 5.75 Å². The first-order valence-corrected chi connectivity index (χ1v) is 6.90. The number of ether oxygens (including phenoxy) is 1. The van der Waals surface area contributed by atoms with Crippen LogP contribution in [0.1, 0.15) is 34.8 Å². The van der Waals surface area contributed by atoms with Crippen LogP contribution in [0.4, 0.5) is 0 Å². The fourth-order valence-corrected chi connectivity index (χ4v) is 2.08. The monoisotopic (exact) mass is 308 g/mol. The van der Waals surface area contributed by atoms with E-state index in [1.165, 1.54) is 7.05 Å². The van der Waals surface area contributed by atoms with Gasteiger partial charge in [-0.2, -0.15) is 0 Å². The summed E-state index contributed by atoms with van der Waals surface area (Å²) in [6.07, 6.45) is -0.256. The predicted octanol–water partition coefficient (Wildman–Crippen LogP) is 2.66. The Bertz CT molecular complexity index is 622. The van der Waals surface area contributed by atoms with Crippen molar-refractivity contribution in [2.75, 3.05) is 7.05 Å². The number of aromatic amines is 1. The molecule has 1 heterocycles. The van der Waals surface area contributed by atoms with Crippen molar-refractivity contribution in [3.8, 4) is 5.75 Å². The number of aromatic nitrogens is 1. The Morgan fingerprint density at radius 2 is 2.10 bits per heavy atom. The summed E-state index contributed by atoms with van der Waals surface area (Å²) in [5.41, 5.74) is 1.75. The number of halogens is 1. The highest BCUT2D eigenvalue weighted by Crippen LogP contribution is 2.27. The quantitative estimate of drug-likeness (QED) is 0.795. The van der Waals surface area contributed by atoms with E-state index < -0.39 is 0 Å². The molecule has 0 aliphatic rings. The zero-order valence-corrected chi connectivity index (χ0v) is 12.6. The van der Waals surface area contributed by atoms with Gasteiger partial charge in [-0.25, -0.2) is 0 Å². The Hall–Kier alpha value is -1.98. The van der Waals surface area contributed by atoms with Crippen molar-refractivity contribution in [1.82, 2.24) is 10.3 Å². The molecule has 1 aromatic carbocycles. The van der Waals surface area contributed by atoms with Crippen molar-refractivity contribution in [2.24, 2.45) is 0 Å². The highest BCUT2D eigenvalue weighted by Gasteiger charge is 2.18. The molecule has 2 rings (SSSR count). The topological polar surface area (TPSA) is 74.4 Å².